The number of nitrogens with one attached hydrogen (secondary N) is 1. The van der Waals surface area contributed by atoms with Gasteiger partial charge in [-0.1, -0.05) is 29.8 Å². The molecule has 0 spiro atoms. The zero-order valence-corrected chi connectivity index (χ0v) is 12.9. The predicted octanol–water partition coefficient (Wildman–Crippen LogP) is 4.88. The highest BCUT2D eigenvalue weighted by molar-refractivity contribution is 6.35. The molecule has 0 amide bonds. The van der Waals surface area contributed by atoms with Crippen LogP contribution in [-0.2, 0) is 0 Å². The van der Waals surface area contributed by atoms with Crippen LogP contribution in [0.15, 0.2) is 48.7 Å². The summed E-state index contributed by atoms with van der Waals surface area (Å²) in [5, 5.41) is 1.61. The second-order valence-corrected chi connectivity index (χ2v) is 5.74. The van der Waals surface area contributed by atoms with Crippen molar-refractivity contribution in [1.82, 2.24) is 9.97 Å². The number of fused-ring (bicyclic) bond motifs is 3. The fraction of sp³-hybridized carbons (Fsp3) is 0. The van der Waals surface area contributed by atoms with Gasteiger partial charge in [0.1, 0.15) is 5.69 Å². The highest BCUT2D eigenvalue weighted by Gasteiger charge is 2.21. The first kappa shape index (κ1) is 14.8. The van der Waals surface area contributed by atoms with E-state index in [-0.39, 0.29) is 16.3 Å². The lowest BCUT2D eigenvalue weighted by Gasteiger charge is -2.05. The van der Waals surface area contributed by atoms with Crippen molar-refractivity contribution in [2.45, 2.75) is 0 Å². The molecule has 0 aliphatic rings. The Hall–Kier alpha value is -2.79. The van der Waals surface area contributed by atoms with Crippen molar-refractivity contribution in [3.63, 3.8) is 0 Å². The minimum atomic E-state index is -1.13. The molecule has 0 saturated carbocycles. The van der Waals surface area contributed by atoms with Crippen LogP contribution in [0.5, 0.6) is 0 Å². The van der Waals surface area contributed by atoms with Gasteiger partial charge < -0.3 is 4.98 Å². The zero-order chi connectivity index (χ0) is 16.8. The van der Waals surface area contributed by atoms with Crippen molar-refractivity contribution in [2.24, 2.45) is 0 Å². The van der Waals surface area contributed by atoms with Crippen LogP contribution in [0.2, 0.25) is 5.02 Å². The number of rotatable bonds is 2. The monoisotopic (exact) mass is 342 g/mol. The lowest BCUT2D eigenvalue weighted by Crippen LogP contribution is -2.07. The topological polar surface area (TPSA) is 45.8 Å². The molecule has 3 nitrogen and oxygen atoms in total. The SMILES string of the molecule is O=C(c1cc(F)c(F)cc1Cl)c1nccc2c1[nH]c1ccccc12. The van der Waals surface area contributed by atoms with E-state index < -0.39 is 17.4 Å². The zero-order valence-electron chi connectivity index (χ0n) is 12.1. The molecule has 2 aromatic carbocycles. The Morgan fingerprint density at radius 2 is 1.79 bits per heavy atom. The van der Waals surface area contributed by atoms with Crippen LogP contribution in [0.4, 0.5) is 8.78 Å². The molecule has 2 aromatic heterocycles. The number of aromatic amines is 1. The molecule has 6 heteroatoms. The summed E-state index contributed by atoms with van der Waals surface area (Å²) >= 11 is 5.91. The smallest absolute Gasteiger partial charge is 0.215 e. The number of pyridine rings is 1. The molecule has 0 fully saturated rings. The van der Waals surface area contributed by atoms with Crippen molar-refractivity contribution >= 4 is 39.2 Å². The Bertz CT molecular complexity index is 1120. The summed E-state index contributed by atoms with van der Waals surface area (Å²) in [6, 6.07) is 10.9. The number of halogens is 3. The van der Waals surface area contributed by atoms with E-state index >= 15 is 0 Å². The normalized spacial score (nSPS) is 11.3. The van der Waals surface area contributed by atoms with Crippen LogP contribution in [-0.4, -0.2) is 15.8 Å². The molecular weight excluding hydrogens is 334 g/mol. The van der Waals surface area contributed by atoms with Gasteiger partial charge in [0.2, 0.25) is 5.78 Å². The number of hydrogen-bond acceptors (Lipinski definition) is 2. The summed E-state index contributed by atoms with van der Waals surface area (Å²) in [6.07, 6.45) is 1.50. The molecular formula is C18H9ClF2N2O. The lowest BCUT2D eigenvalue weighted by molar-refractivity contribution is 0.103. The molecule has 24 heavy (non-hydrogen) atoms. The highest BCUT2D eigenvalue weighted by Crippen LogP contribution is 2.29. The van der Waals surface area contributed by atoms with E-state index in [1.807, 2.05) is 24.3 Å². The summed E-state index contributed by atoms with van der Waals surface area (Å²) in [4.78, 5) is 20.0. The van der Waals surface area contributed by atoms with Crippen LogP contribution < -0.4 is 0 Å². The van der Waals surface area contributed by atoms with Gasteiger partial charge in [-0.25, -0.2) is 8.78 Å². The number of para-hydroxylation sites is 1. The number of aromatic nitrogens is 2. The highest BCUT2D eigenvalue weighted by atomic mass is 35.5. The van der Waals surface area contributed by atoms with E-state index in [0.29, 0.717) is 5.52 Å². The van der Waals surface area contributed by atoms with Gasteiger partial charge in [0.05, 0.1) is 10.5 Å². The summed E-state index contributed by atoms with van der Waals surface area (Å²) in [6.45, 7) is 0. The largest absolute Gasteiger partial charge is 0.353 e. The van der Waals surface area contributed by atoms with E-state index in [1.165, 1.54) is 6.20 Å². The van der Waals surface area contributed by atoms with Gasteiger partial charge in [-0.2, -0.15) is 0 Å². The minimum Gasteiger partial charge on any atom is -0.353 e. The molecule has 0 saturated heterocycles. The lowest BCUT2D eigenvalue weighted by atomic mass is 10.0. The molecule has 2 heterocycles. The van der Waals surface area contributed by atoms with Crippen LogP contribution in [0.3, 0.4) is 0 Å². The van der Waals surface area contributed by atoms with Gasteiger partial charge >= 0.3 is 0 Å². The van der Waals surface area contributed by atoms with Crippen LogP contribution in [0, 0.1) is 11.6 Å². The number of H-pyrrole nitrogens is 1. The summed E-state index contributed by atoms with van der Waals surface area (Å²) in [5.41, 5.74) is 1.36. The molecule has 0 aliphatic heterocycles. The molecule has 4 aromatic rings. The third-order valence-electron chi connectivity index (χ3n) is 3.90. The van der Waals surface area contributed by atoms with Gasteiger partial charge in [-0.15, -0.1) is 0 Å². The van der Waals surface area contributed by atoms with Gasteiger partial charge in [0.25, 0.3) is 0 Å². The number of ketones is 1. The molecule has 0 atom stereocenters. The maximum absolute atomic E-state index is 13.5. The van der Waals surface area contributed by atoms with Crippen LogP contribution >= 0.6 is 11.6 Å². The average molecular weight is 343 g/mol. The van der Waals surface area contributed by atoms with Crippen LogP contribution in [0.25, 0.3) is 21.8 Å². The molecule has 0 bridgehead atoms. The minimum absolute atomic E-state index is 0.108. The van der Waals surface area contributed by atoms with Crippen molar-refractivity contribution in [3.8, 4) is 0 Å². The van der Waals surface area contributed by atoms with Gasteiger partial charge in [0, 0.05) is 28.0 Å². The first-order valence-electron chi connectivity index (χ1n) is 7.11. The predicted molar refractivity (Wildman–Crippen MR) is 88.4 cm³/mol. The number of benzene rings is 2. The summed E-state index contributed by atoms with van der Waals surface area (Å²) in [5.74, 6) is -2.81. The quantitative estimate of drug-likeness (QED) is 0.417. The second-order valence-electron chi connectivity index (χ2n) is 5.33. The van der Waals surface area contributed by atoms with Crippen molar-refractivity contribution in [2.75, 3.05) is 0 Å². The maximum atomic E-state index is 13.5. The molecule has 0 radical (unpaired) electrons. The van der Waals surface area contributed by atoms with Crippen molar-refractivity contribution < 1.29 is 13.6 Å². The third kappa shape index (κ3) is 2.17. The van der Waals surface area contributed by atoms with E-state index in [0.717, 1.165) is 28.4 Å². The third-order valence-corrected chi connectivity index (χ3v) is 4.21. The Labute approximate surface area is 139 Å². The van der Waals surface area contributed by atoms with Crippen molar-refractivity contribution in [3.05, 3.63) is 76.6 Å². The molecule has 118 valence electrons. The maximum Gasteiger partial charge on any atom is 0.215 e. The Balaban J connectivity index is 1.96. The Morgan fingerprint density at radius 3 is 2.62 bits per heavy atom. The molecule has 0 aliphatic carbocycles. The summed E-state index contributed by atoms with van der Waals surface area (Å²) in [7, 11) is 0. The van der Waals surface area contributed by atoms with Crippen molar-refractivity contribution in [1.29, 1.82) is 0 Å². The Kier molecular flexibility index (Phi) is 3.32. The van der Waals surface area contributed by atoms with Gasteiger partial charge in [-0.05, 0) is 24.3 Å². The fourth-order valence-corrected chi connectivity index (χ4v) is 3.01. The second kappa shape index (κ2) is 5.39. The fourth-order valence-electron chi connectivity index (χ4n) is 2.77. The summed E-state index contributed by atoms with van der Waals surface area (Å²) < 4.78 is 26.7. The molecule has 4 rings (SSSR count). The first-order chi connectivity index (χ1) is 11.6. The van der Waals surface area contributed by atoms with Gasteiger partial charge in [0.15, 0.2) is 11.6 Å². The number of nitrogens with zero attached hydrogens (tertiary/aromatic N) is 1. The average Bonchev–Trinajstić information content (AvgIpc) is 2.96. The number of carbonyl (C=O) groups is 1. The standard InChI is InChI=1S/C18H9ClF2N2O/c19-12-8-14(21)13(20)7-11(12)18(24)17-16-10(5-6-22-17)9-3-1-2-4-15(9)23-16/h1-8,23H. The first-order valence-corrected chi connectivity index (χ1v) is 7.48. The Morgan fingerprint density at radius 1 is 1.04 bits per heavy atom. The van der Waals surface area contributed by atoms with Gasteiger partial charge in [-0.3, -0.25) is 9.78 Å². The van der Waals surface area contributed by atoms with E-state index in [1.54, 1.807) is 6.07 Å². The van der Waals surface area contributed by atoms with E-state index in [9.17, 15) is 13.6 Å². The van der Waals surface area contributed by atoms with E-state index in [2.05, 4.69) is 9.97 Å². The molecule has 0 unspecified atom stereocenters. The van der Waals surface area contributed by atoms with E-state index in [4.69, 9.17) is 11.6 Å². The number of carbonyl (C=O) groups excluding carboxylic acids is 1. The van der Waals surface area contributed by atoms with Crippen LogP contribution in [0.1, 0.15) is 16.1 Å². The molecule has 1 N–H and O–H groups in total. The number of hydrogen-bond donors (Lipinski definition) is 1.